The van der Waals surface area contributed by atoms with E-state index >= 15 is 0 Å². The Morgan fingerprint density at radius 3 is 2.53 bits per heavy atom. The van der Waals surface area contributed by atoms with E-state index in [-0.39, 0.29) is 21.9 Å². The van der Waals surface area contributed by atoms with Gasteiger partial charge in [0.1, 0.15) is 11.6 Å². The third kappa shape index (κ3) is 2.56. The van der Waals surface area contributed by atoms with Crippen molar-refractivity contribution in [1.82, 2.24) is 0 Å². The van der Waals surface area contributed by atoms with Crippen LogP contribution in [0, 0.1) is 11.7 Å². The lowest BCUT2D eigenvalue weighted by molar-refractivity contribution is 0.0936. The maximum absolute atomic E-state index is 13.2. The predicted octanol–water partition coefficient (Wildman–Crippen LogP) is 3.44. The highest BCUT2D eigenvalue weighted by atomic mass is 79.9. The minimum atomic E-state index is -0.438. The summed E-state index contributed by atoms with van der Waals surface area (Å²) >= 11 is 3.04. The molecule has 15 heavy (non-hydrogen) atoms. The van der Waals surface area contributed by atoms with Crippen LogP contribution in [0.1, 0.15) is 24.2 Å². The Balaban J connectivity index is 3.27. The molecule has 2 nitrogen and oxygen atoms in total. The normalized spacial score (nSPS) is 10.5. The lowest BCUT2D eigenvalue weighted by Gasteiger charge is -2.10. The van der Waals surface area contributed by atoms with Gasteiger partial charge in [-0.2, -0.15) is 0 Å². The Bertz CT molecular complexity index is 388. The van der Waals surface area contributed by atoms with Gasteiger partial charge in [0.05, 0.1) is 17.1 Å². The standard InChI is InChI=1S/C11H12BrFO2/c1-6(2)11(14)7-4-8(12)9(13)5-10(7)15-3/h4-6H,1-3H3. The Hall–Kier alpha value is -0.900. The summed E-state index contributed by atoms with van der Waals surface area (Å²) in [4.78, 5) is 11.8. The zero-order valence-corrected chi connectivity index (χ0v) is 10.4. The second-order valence-corrected chi connectivity index (χ2v) is 4.34. The van der Waals surface area contributed by atoms with Gasteiger partial charge in [-0.25, -0.2) is 4.39 Å². The minimum absolute atomic E-state index is 0.0625. The molecule has 0 aliphatic rings. The molecule has 0 aliphatic heterocycles. The topological polar surface area (TPSA) is 26.3 Å². The van der Waals surface area contributed by atoms with Crippen molar-refractivity contribution in [3.8, 4) is 5.75 Å². The third-order valence-corrected chi connectivity index (χ3v) is 2.64. The summed E-state index contributed by atoms with van der Waals surface area (Å²) in [5, 5.41) is 0. The maximum Gasteiger partial charge on any atom is 0.169 e. The maximum atomic E-state index is 13.2. The van der Waals surface area contributed by atoms with Crippen molar-refractivity contribution >= 4 is 21.7 Å². The molecular formula is C11H12BrFO2. The minimum Gasteiger partial charge on any atom is -0.496 e. The molecule has 0 aliphatic carbocycles. The van der Waals surface area contributed by atoms with E-state index in [0.29, 0.717) is 5.56 Å². The average Bonchev–Trinajstić information content (AvgIpc) is 2.20. The van der Waals surface area contributed by atoms with Crippen molar-refractivity contribution in [2.75, 3.05) is 7.11 Å². The summed E-state index contributed by atoms with van der Waals surface area (Å²) in [5.74, 6) is -0.370. The molecule has 0 spiro atoms. The van der Waals surface area contributed by atoms with E-state index in [4.69, 9.17) is 4.74 Å². The smallest absolute Gasteiger partial charge is 0.169 e. The SMILES string of the molecule is COc1cc(F)c(Br)cc1C(=O)C(C)C. The van der Waals surface area contributed by atoms with Crippen LogP contribution < -0.4 is 4.74 Å². The Morgan fingerprint density at radius 1 is 1.47 bits per heavy atom. The zero-order valence-electron chi connectivity index (χ0n) is 8.80. The molecule has 0 amide bonds. The molecule has 0 fully saturated rings. The van der Waals surface area contributed by atoms with Gasteiger partial charge in [0.15, 0.2) is 5.78 Å². The number of Topliss-reactive ketones (excluding diaryl/α,β-unsaturated/α-hetero) is 1. The van der Waals surface area contributed by atoms with E-state index in [0.717, 1.165) is 0 Å². The number of methoxy groups -OCH3 is 1. The van der Waals surface area contributed by atoms with Crippen LogP contribution in [0.5, 0.6) is 5.75 Å². The molecule has 0 saturated carbocycles. The van der Waals surface area contributed by atoms with Crippen LogP contribution in [0.4, 0.5) is 4.39 Å². The highest BCUT2D eigenvalue weighted by molar-refractivity contribution is 9.10. The highest BCUT2D eigenvalue weighted by Crippen LogP contribution is 2.28. The molecule has 4 heteroatoms. The predicted molar refractivity (Wildman–Crippen MR) is 59.8 cm³/mol. The van der Waals surface area contributed by atoms with Crippen LogP contribution in [0.15, 0.2) is 16.6 Å². The van der Waals surface area contributed by atoms with Gasteiger partial charge < -0.3 is 4.74 Å². The van der Waals surface area contributed by atoms with Crippen LogP contribution in [-0.2, 0) is 0 Å². The fourth-order valence-corrected chi connectivity index (χ4v) is 1.54. The third-order valence-electron chi connectivity index (χ3n) is 2.03. The first-order valence-corrected chi connectivity index (χ1v) is 5.34. The van der Waals surface area contributed by atoms with Crippen LogP contribution >= 0.6 is 15.9 Å². The molecule has 0 radical (unpaired) electrons. The largest absolute Gasteiger partial charge is 0.496 e. The molecule has 0 bridgehead atoms. The first kappa shape index (κ1) is 12.2. The lowest BCUT2D eigenvalue weighted by atomic mass is 10.0. The van der Waals surface area contributed by atoms with E-state index in [1.807, 2.05) is 0 Å². The lowest BCUT2D eigenvalue weighted by Crippen LogP contribution is -2.09. The number of benzene rings is 1. The number of ether oxygens (including phenoxy) is 1. The fourth-order valence-electron chi connectivity index (χ4n) is 1.20. The molecule has 0 atom stereocenters. The fraction of sp³-hybridized carbons (Fsp3) is 0.364. The summed E-state index contributed by atoms with van der Waals surface area (Å²) in [6.07, 6.45) is 0. The van der Waals surface area contributed by atoms with Gasteiger partial charge in [-0.05, 0) is 22.0 Å². The van der Waals surface area contributed by atoms with E-state index in [1.54, 1.807) is 13.8 Å². The summed E-state index contributed by atoms with van der Waals surface area (Å²) in [6.45, 7) is 3.58. The molecule has 82 valence electrons. The van der Waals surface area contributed by atoms with Crippen LogP contribution in [0.25, 0.3) is 0 Å². The highest BCUT2D eigenvalue weighted by Gasteiger charge is 2.18. The van der Waals surface area contributed by atoms with Crippen molar-refractivity contribution in [2.45, 2.75) is 13.8 Å². The molecule has 0 unspecified atom stereocenters. The van der Waals surface area contributed by atoms with Crippen molar-refractivity contribution in [1.29, 1.82) is 0 Å². The summed E-state index contributed by atoms with van der Waals surface area (Å²) in [5.41, 5.74) is 0.403. The van der Waals surface area contributed by atoms with Crippen molar-refractivity contribution in [3.05, 3.63) is 28.0 Å². The summed E-state index contributed by atoms with van der Waals surface area (Å²) in [6, 6.07) is 2.66. The van der Waals surface area contributed by atoms with Gasteiger partial charge in [-0.1, -0.05) is 13.8 Å². The average molecular weight is 275 g/mol. The van der Waals surface area contributed by atoms with E-state index in [2.05, 4.69) is 15.9 Å². The number of hydrogen-bond donors (Lipinski definition) is 0. The molecule has 0 N–H and O–H groups in total. The van der Waals surface area contributed by atoms with Gasteiger partial charge in [0.2, 0.25) is 0 Å². The van der Waals surface area contributed by atoms with E-state index < -0.39 is 5.82 Å². The molecule has 1 aromatic carbocycles. The van der Waals surface area contributed by atoms with Gasteiger partial charge in [-0.15, -0.1) is 0 Å². The molecule has 0 aromatic heterocycles. The van der Waals surface area contributed by atoms with Crippen LogP contribution in [0.2, 0.25) is 0 Å². The molecule has 0 saturated heterocycles. The zero-order chi connectivity index (χ0) is 11.6. The number of hydrogen-bond acceptors (Lipinski definition) is 2. The molecule has 1 rings (SSSR count). The Morgan fingerprint density at radius 2 is 2.07 bits per heavy atom. The number of ketones is 1. The second kappa shape index (κ2) is 4.75. The second-order valence-electron chi connectivity index (χ2n) is 3.49. The number of carbonyl (C=O) groups excluding carboxylic acids is 1. The van der Waals surface area contributed by atoms with Crippen LogP contribution in [-0.4, -0.2) is 12.9 Å². The number of rotatable bonds is 3. The van der Waals surface area contributed by atoms with Crippen LogP contribution in [0.3, 0.4) is 0 Å². The number of carbonyl (C=O) groups is 1. The van der Waals surface area contributed by atoms with E-state index in [1.165, 1.54) is 19.2 Å². The van der Waals surface area contributed by atoms with Crippen molar-refractivity contribution in [2.24, 2.45) is 5.92 Å². The number of halogens is 2. The van der Waals surface area contributed by atoms with Crippen molar-refractivity contribution in [3.63, 3.8) is 0 Å². The summed E-state index contributed by atoms with van der Waals surface area (Å²) < 4.78 is 18.4. The summed E-state index contributed by atoms with van der Waals surface area (Å²) in [7, 11) is 1.42. The Kier molecular flexibility index (Phi) is 3.85. The van der Waals surface area contributed by atoms with E-state index in [9.17, 15) is 9.18 Å². The molecular weight excluding hydrogens is 263 g/mol. The molecule has 1 aromatic rings. The van der Waals surface area contributed by atoms with Gasteiger partial charge in [-0.3, -0.25) is 4.79 Å². The monoisotopic (exact) mass is 274 g/mol. The van der Waals surface area contributed by atoms with Crippen molar-refractivity contribution < 1.29 is 13.9 Å². The van der Waals surface area contributed by atoms with Gasteiger partial charge >= 0.3 is 0 Å². The van der Waals surface area contributed by atoms with Gasteiger partial charge in [0.25, 0.3) is 0 Å². The first-order chi connectivity index (χ1) is 6.97. The van der Waals surface area contributed by atoms with Gasteiger partial charge in [0, 0.05) is 12.0 Å². The molecule has 0 heterocycles. The quantitative estimate of drug-likeness (QED) is 0.790. The Labute approximate surface area is 96.6 Å². The first-order valence-electron chi connectivity index (χ1n) is 4.54.